The molecular weight excluding hydrogens is 220 g/mol. The average Bonchev–Trinajstić information content (AvgIpc) is 2.26. The summed E-state index contributed by atoms with van der Waals surface area (Å²) in [7, 11) is 1.60. The summed E-state index contributed by atoms with van der Waals surface area (Å²) in [4.78, 5) is 15.6. The maximum Gasteiger partial charge on any atom is 0.241 e. The monoisotopic (exact) mass is 244 g/mol. The number of carbonyl (C=O) groups excluding carboxylic acids is 1. The van der Waals surface area contributed by atoms with Crippen molar-refractivity contribution in [1.29, 1.82) is 0 Å². The summed E-state index contributed by atoms with van der Waals surface area (Å²) in [5, 5.41) is 8.92. The third kappa shape index (κ3) is 9.62. The van der Waals surface area contributed by atoms with E-state index in [9.17, 15) is 4.79 Å². The lowest BCUT2D eigenvalue weighted by Crippen LogP contribution is -2.42. The first kappa shape index (κ1) is 15.7. The second kappa shape index (κ2) is 9.89. The number of hydrogen-bond donors (Lipinski definition) is 3. The summed E-state index contributed by atoms with van der Waals surface area (Å²) in [5.74, 6) is 0.549. The number of guanidine groups is 1. The molecule has 0 heterocycles. The fourth-order valence-corrected chi connectivity index (χ4v) is 1.09. The van der Waals surface area contributed by atoms with Crippen molar-refractivity contribution in [2.75, 3.05) is 33.4 Å². The van der Waals surface area contributed by atoms with E-state index in [0.717, 1.165) is 6.54 Å². The first-order valence-electron chi connectivity index (χ1n) is 5.90. The van der Waals surface area contributed by atoms with Gasteiger partial charge >= 0.3 is 0 Å². The molecule has 6 nitrogen and oxygen atoms in total. The van der Waals surface area contributed by atoms with Crippen LogP contribution in [0, 0.1) is 0 Å². The predicted molar refractivity (Wildman–Crippen MR) is 69.1 cm³/mol. The molecule has 100 valence electrons. The Morgan fingerprint density at radius 3 is 2.59 bits per heavy atom. The number of amides is 1. The first-order valence-corrected chi connectivity index (χ1v) is 5.90. The molecule has 0 rings (SSSR count). The number of rotatable bonds is 7. The quantitative estimate of drug-likeness (QED) is 0.327. The molecule has 0 aliphatic rings. The van der Waals surface area contributed by atoms with E-state index in [-0.39, 0.29) is 18.5 Å². The van der Waals surface area contributed by atoms with Crippen LogP contribution >= 0.6 is 0 Å². The first-order chi connectivity index (χ1) is 8.10. The van der Waals surface area contributed by atoms with Crippen molar-refractivity contribution in [2.24, 2.45) is 4.99 Å². The van der Waals surface area contributed by atoms with Gasteiger partial charge in [0, 0.05) is 26.2 Å². The molecule has 0 radical (unpaired) electrons. The summed E-state index contributed by atoms with van der Waals surface area (Å²) < 4.78 is 4.83. The third-order valence-corrected chi connectivity index (χ3v) is 1.78. The molecule has 0 spiro atoms. The van der Waals surface area contributed by atoms with Gasteiger partial charge in [-0.2, -0.15) is 0 Å². The Balaban J connectivity index is 4.00. The van der Waals surface area contributed by atoms with Crippen molar-refractivity contribution >= 4 is 11.9 Å². The van der Waals surface area contributed by atoms with Gasteiger partial charge in [-0.25, -0.2) is 4.99 Å². The van der Waals surface area contributed by atoms with Crippen molar-refractivity contribution in [2.45, 2.75) is 26.8 Å². The van der Waals surface area contributed by atoms with E-state index in [4.69, 9.17) is 4.74 Å². The van der Waals surface area contributed by atoms with Gasteiger partial charge in [0.15, 0.2) is 5.96 Å². The molecule has 0 aliphatic heterocycles. The molecule has 0 atom stereocenters. The van der Waals surface area contributed by atoms with Gasteiger partial charge in [-0.3, -0.25) is 4.79 Å². The standard InChI is InChI=1S/C11H24N4O2/c1-5-12-11(15-9(2)3)14-8-10(16)13-6-7-17-4/h9H,5-8H2,1-4H3,(H,13,16)(H2,12,14,15). The normalized spacial score (nSPS) is 11.5. The van der Waals surface area contributed by atoms with Gasteiger partial charge in [0.1, 0.15) is 6.54 Å². The maximum absolute atomic E-state index is 11.4. The largest absolute Gasteiger partial charge is 0.383 e. The van der Waals surface area contributed by atoms with Crippen LogP contribution in [0.1, 0.15) is 20.8 Å². The average molecular weight is 244 g/mol. The van der Waals surface area contributed by atoms with E-state index in [1.165, 1.54) is 0 Å². The van der Waals surface area contributed by atoms with Crippen LogP contribution in [0.25, 0.3) is 0 Å². The number of carbonyl (C=O) groups is 1. The van der Waals surface area contributed by atoms with Crippen LogP contribution in [0.15, 0.2) is 4.99 Å². The molecule has 6 heteroatoms. The molecule has 0 aromatic heterocycles. The molecule has 17 heavy (non-hydrogen) atoms. The predicted octanol–water partition coefficient (Wildman–Crippen LogP) is -0.287. The van der Waals surface area contributed by atoms with Crippen LogP contribution in [-0.2, 0) is 9.53 Å². The minimum absolute atomic E-state index is 0.108. The summed E-state index contributed by atoms with van der Waals surface area (Å²) >= 11 is 0. The molecule has 0 saturated heterocycles. The Morgan fingerprint density at radius 2 is 2.06 bits per heavy atom. The molecule has 0 bridgehead atoms. The molecular formula is C11H24N4O2. The van der Waals surface area contributed by atoms with Crippen LogP contribution in [-0.4, -0.2) is 51.3 Å². The van der Waals surface area contributed by atoms with Crippen LogP contribution in [0.2, 0.25) is 0 Å². The summed E-state index contributed by atoms with van der Waals surface area (Å²) in [6.07, 6.45) is 0. The highest BCUT2D eigenvalue weighted by Gasteiger charge is 2.02. The molecule has 0 saturated carbocycles. The number of methoxy groups -OCH3 is 1. The van der Waals surface area contributed by atoms with Crippen LogP contribution in [0.5, 0.6) is 0 Å². The number of nitrogens with zero attached hydrogens (tertiary/aromatic N) is 1. The highest BCUT2D eigenvalue weighted by Crippen LogP contribution is 1.80. The highest BCUT2D eigenvalue weighted by atomic mass is 16.5. The van der Waals surface area contributed by atoms with Gasteiger partial charge in [0.25, 0.3) is 0 Å². The fourth-order valence-electron chi connectivity index (χ4n) is 1.09. The van der Waals surface area contributed by atoms with Crippen LogP contribution in [0.3, 0.4) is 0 Å². The molecule has 0 aromatic rings. The number of hydrogen-bond acceptors (Lipinski definition) is 3. The number of aliphatic imine (C=N–C) groups is 1. The van der Waals surface area contributed by atoms with E-state index in [1.807, 2.05) is 20.8 Å². The van der Waals surface area contributed by atoms with Gasteiger partial charge in [0.05, 0.1) is 6.61 Å². The van der Waals surface area contributed by atoms with E-state index < -0.39 is 0 Å². The van der Waals surface area contributed by atoms with Crippen LogP contribution in [0.4, 0.5) is 0 Å². The maximum atomic E-state index is 11.4. The molecule has 3 N–H and O–H groups in total. The second-order valence-electron chi connectivity index (χ2n) is 3.84. The zero-order chi connectivity index (χ0) is 13.1. The lowest BCUT2D eigenvalue weighted by Gasteiger charge is -2.13. The van der Waals surface area contributed by atoms with E-state index in [0.29, 0.717) is 19.1 Å². The minimum Gasteiger partial charge on any atom is -0.383 e. The Kier molecular flexibility index (Phi) is 9.14. The third-order valence-electron chi connectivity index (χ3n) is 1.78. The Morgan fingerprint density at radius 1 is 1.35 bits per heavy atom. The summed E-state index contributed by atoms with van der Waals surface area (Å²) in [5.41, 5.74) is 0. The summed E-state index contributed by atoms with van der Waals surface area (Å²) in [6, 6.07) is 0.282. The SMILES string of the molecule is CCNC(=NCC(=O)NCCOC)NC(C)C. The van der Waals surface area contributed by atoms with E-state index in [2.05, 4.69) is 20.9 Å². The Labute approximate surface area is 103 Å². The Hall–Kier alpha value is -1.30. The zero-order valence-electron chi connectivity index (χ0n) is 11.2. The van der Waals surface area contributed by atoms with Crippen molar-refractivity contribution in [3.63, 3.8) is 0 Å². The lowest BCUT2D eigenvalue weighted by atomic mass is 10.4. The minimum atomic E-state index is -0.108. The van der Waals surface area contributed by atoms with Gasteiger partial charge in [-0.05, 0) is 20.8 Å². The molecule has 0 unspecified atom stereocenters. The Bertz CT molecular complexity index is 242. The molecule has 0 fully saturated rings. The molecule has 0 aliphatic carbocycles. The van der Waals surface area contributed by atoms with Crippen molar-refractivity contribution in [3.05, 3.63) is 0 Å². The van der Waals surface area contributed by atoms with Gasteiger partial charge in [-0.1, -0.05) is 0 Å². The molecule has 0 aromatic carbocycles. The smallest absolute Gasteiger partial charge is 0.241 e. The highest BCUT2D eigenvalue weighted by molar-refractivity contribution is 5.84. The summed E-state index contributed by atoms with van der Waals surface area (Å²) in [6.45, 7) is 7.93. The van der Waals surface area contributed by atoms with Gasteiger partial charge in [-0.15, -0.1) is 0 Å². The topological polar surface area (TPSA) is 74.8 Å². The second-order valence-corrected chi connectivity index (χ2v) is 3.84. The van der Waals surface area contributed by atoms with Gasteiger partial charge < -0.3 is 20.7 Å². The van der Waals surface area contributed by atoms with Crippen molar-refractivity contribution in [3.8, 4) is 0 Å². The van der Waals surface area contributed by atoms with E-state index >= 15 is 0 Å². The number of ether oxygens (including phenoxy) is 1. The fraction of sp³-hybridized carbons (Fsp3) is 0.818. The van der Waals surface area contributed by atoms with Crippen molar-refractivity contribution in [1.82, 2.24) is 16.0 Å². The number of nitrogens with one attached hydrogen (secondary N) is 3. The molecule has 1 amide bonds. The van der Waals surface area contributed by atoms with Gasteiger partial charge in [0.2, 0.25) is 5.91 Å². The lowest BCUT2D eigenvalue weighted by molar-refractivity contribution is -0.119. The zero-order valence-corrected chi connectivity index (χ0v) is 11.2. The van der Waals surface area contributed by atoms with Crippen molar-refractivity contribution < 1.29 is 9.53 Å². The van der Waals surface area contributed by atoms with Crippen LogP contribution < -0.4 is 16.0 Å². The van der Waals surface area contributed by atoms with E-state index in [1.54, 1.807) is 7.11 Å².